The molecule has 1 aliphatic rings. The van der Waals surface area contributed by atoms with Crippen LogP contribution in [0.25, 0.3) is 0 Å². The molecular weight excluding hydrogens is 256 g/mol. The second-order valence-corrected chi connectivity index (χ2v) is 7.46. The largest absolute Gasteiger partial charge is 0.481 e. The molecule has 3 unspecified atom stereocenters. The van der Waals surface area contributed by atoms with Gasteiger partial charge in [-0.15, -0.1) is 0 Å². The van der Waals surface area contributed by atoms with Gasteiger partial charge in [0.15, 0.2) is 0 Å². The lowest BCUT2D eigenvalue weighted by Crippen LogP contribution is -2.48. The van der Waals surface area contributed by atoms with Crippen LogP contribution in [0, 0.1) is 10.8 Å². The van der Waals surface area contributed by atoms with Crippen molar-refractivity contribution in [2.75, 3.05) is 0 Å². The third kappa shape index (κ3) is 4.47. The number of rotatable bonds is 5. The number of hydrogen-bond donors (Lipinski definition) is 3. The van der Waals surface area contributed by atoms with Crippen LogP contribution in [0.1, 0.15) is 59.8 Å². The van der Waals surface area contributed by atoms with E-state index >= 15 is 0 Å². The first-order valence-electron chi connectivity index (χ1n) is 7.33. The topological polar surface area (TPSA) is 92.4 Å². The molecule has 0 radical (unpaired) electrons. The zero-order valence-electron chi connectivity index (χ0n) is 13.0. The van der Waals surface area contributed by atoms with Crippen molar-refractivity contribution >= 4 is 11.9 Å². The highest BCUT2D eigenvalue weighted by Gasteiger charge is 2.45. The summed E-state index contributed by atoms with van der Waals surface area (Å²) in [7, 11) is 0. The van der Waals surface area contributed by atoms with E-state index in [0.29, 0.717) is 6.42 Å². The Morgan fingerprint density at radius 1 is 1.45 bits per heavy atom. The molecule has 5 nitrogen and oxygen atoms in total. The zero-order chi connectivity index (χ0) is 15.6. The molecule has 116 valence electrons. The van der Waals surface area contributed by atoms with Crippen LogP contribution >= 0.6 is 0 Å². The summed E-state index contributed by atoms with van der Waals surface area (Å²) in [6.45, 7) is 7.97. The van der Waals surface area contributed by atoms with E-state index in [0.717, 1.165) is 19.3 Å². The van der Waals surface area contributed by atoms with Crippen molar-refractivity contribution in [3.63, 3.8) is 0 Å². The van der Waals surface area contributed by atoms with Crippen LogP contribution in [-0.2, 0) is 9.59 Å². The molecule has 20 heavy (non-hydrogen) atoms. The highest BCUT2D eigenvalue weighted by atomic mass is 16.4. The van der Waals surface area contributed by atoms with Gasteiger partial charge in [0.2, 0.25) is 5.91 Å². The molecule has 1 saturated carbocycles. The Morgan fingerprint density at radius 3 is 2.55 bits per heavy atom. The maximum Gasteiger partial charge on any atom is 0.311 e. The van der Waals surface area contributed by atoms with Crippen LogP contribution < -0.4 is 11.1 Å². The minimum absolute atomic E-state index is 0.0859. The Kier molecular flexibility index (Phi) is 5.19. The van der Waals surface area contributed by atoms with Crippen molar-refractivity contribution in [2.24, 2.45) is 16.6 Å². The average molecular weight is 284 g/mol. The second-order valence-electron chi connectivity index (χ2n) is 7.46. The molecule has 1 aliphatic carbocycles. The molecule has 0 aliphatic heterocycles. The Hall–Kier alpha value is -1.10. The van der Waals surface area contributed by atoms with Gasteiger partial charge in [-0.2, -0.15) is 0 Å². The van der Waals surface area contributed by atoms with Gasteiger partial charge in [0, 0.05) is 18.5 Å². The highest BCUT2D eigenvalue weighted by molar-refractivity contribution is 5.80. The van der Waals surface area contributed by atoms with Gasteiger partial charge in [0.25, 0.3) is 0 Å². The summed E-state index contributed by atoms with van der Waals surface area (Å²) in [5.41, 5.74) is 5.23. The van der Waals surface area contributed by atoms with E-state index in [2.05, 4.69) is 26.1 Å². The number of carbonyl (C=O) groups excluding carboxylic acids is 1. The number of nitrogens with two attached hydrogens (primary N) is 1. The molecule has 1 rings (SSSR count). The molecule has 0 bridgehead atoms. The van der Waals surface area contributed by atoms with E-state index < -0.39 is 11.4 Å². The van der Waals surface area contributed by atoms with Gasteiger partial charge in [-0.1, -0.05) is 27.2 Å². The number of carboxylic acids is 1. The molecule has 5 heteroatoms. The lowest BCUT2D eigenvalue weighted by Gasteiger charge is -2.28. The fourth-order valence-electron chi connectivity index (χ4n) is 3.00. The van der Waals surface area contributed by atoms with Gasteiger partial charge in [-0.25, -0.2) is 0 Å². The average Bonchev–Trinajstić information content (AvgIpc) is 2.58. The summed E-state index contributed by atoms with van der Waals surface area (Å²) < 4.78 is 0. The van der Waals surface area contributed by atoms with Crippen molar-refractivity contribution < 1.29 is 14.7 Å². The molecule has 4 N–H and O–H groups in total. The number of carbonyl (C=O) groups is 2. The minimum Gasteiger partial charge on any atom is -0.481 e. The number of nitrogens with one attached hydrogen (secondary N) is 1. The summed E-state index contributed by atoms with van der Waals surface area (Å²) in [5.74, 6) is -0.972. The summed E-state index contributed by atoms with van der Waals surface area (Å²) in [6, 6.07) is -0.471. The lowest BCUT2D eigenvalue weighted by molar-refractivity contribution is -0.149. The van der Waals surface area contributed by atoms with E-state index in [1.165, 1.54) is 0 Å². The van der Waals surface area contributed by atoms with Gasteiger partial charge in [-0.3, -0.25) is 9.59 Å². The standard InChI is InChI=1S/C15H28N2O3/c1-14(2,3)9-10(16)8-12(18)17-11-6-5-7-15(11,4)13(19)20/h10-11H,5-9,16H2,1-4H3,(H,17,18)(H,19,20). The molecule has 0 heterocycles. The SMILES string of the molecule is CC(C)(C)CC(N)CC(=O)NC1CCCC1(C)C(=O)O. The number of amides is 1. The first-order valence-corrected chi connectivity index (χ1v) is 7.33. The molecule has 0 aromatic rings. The smallest absolute Gasteiger partial charge is 0.311 e. The molecule has 0 saturated heterocycles. The molecule has 1 amide bonds. The molecule has 1 fully saturated rings. The van der Waals surface area contributed by atoms with Crippen molar-refractivity contribution in [1.29, 1.82) is 0 Å². The van der Waals surface area contributed by atoms with Crippen molar-refractivity contribution in [2.45, 2.75) is 71.9 Å². The fourth-order valence-corrected chi connectivity index (χ4v) is 3.00. The van der Waals surface area contributed by atoms with Gasteiger partial charge in [-0.05, 0) is 31.6 Å². The summed E-state index contributed by atoms with van der Waals surface area (Å²) in [6.07, 6.45) is 3.19. The fraction of sp³-hybridized carbons (Fsp3) is 0.867. The number of carboxylic acid groups (broad SMARTS) is 1. The van der Waals surface area contributed by atoms with Gasteiger partial charge < -0.3 is 16.2 Å². The molecule has 0 aromatic heterocycles. The van der Waals surface area contributed by atoms with E-state index in [9.17, 15) is 14.7 Å². The summed E-state index contributed by atoms with van der Waals surface area (Å²) in [5, 5.41) is 12.2. The lowest BCUT2D eigenvalue weighted by atomic mass is 9.84. The Morgan fingerprint density at radius 2 is 2.05 bits per heavy atom. The van der Waals surface area contributed by atoms with E-state index in [1.807, 2.05) is 0 Å². The van der Waals surface area contributed by atoms with Crippen LogP contribution in [0.5, 0.6) is 0 Å². The molecule has 3 atom stereocenters. The van der Waals surface area contributed by atoms with Gasteiger partial charge in [0.1, 0.15) is 0 Å². The first kappa shape index (κ1) is 17.0. The van der Waals surface area contributed by atoms with E-state index in [4.69, 9.17) is 5.73 Å². The molecular formula is C15H28N2O3. The van der Waals surface area contributed by atoms with E-state index in [1.54, 1.807) is 6.92 Å². The predicted octanol–water partition coefficient (Wildman–Crippen LogP) is 1.90. The van der Waals surface area contributed by atoms with Crippen molar-refractivity contribution in [1.82, 2.24) is 5.32 Å². The Balaban J connectivity index is 2.52. The van der Waals surface area contributed by atoms with Crippen molar-refractivity contribution in [3.05, 3.63) is 0 Å². The maximum absolute atomic E-state index is 12.0. The summed E-state index contributed by atoms with van der Waals surface area (Å²) >= 11 is 0. The third-order valence-electron chi connectivity index (χ3n) is 4.10. The second kappa shape index (κ2) is 6.12. The van der Waals surface area contributed by atoms with E-state index in [-0.39, 0.29) is 29.8 Å². The van der Waals surface area contributed by atoms with Crippen LogP contribution in [0.15, 0.2) is 0 Å². The predicted molar refractivity (Wildman–Crippen MR) is 78.2 cm³/mol. The third-order valence-corrected chi connectivity index (χ3v) is 4.10. The minimum atomic E-state index is -0.843. The van der Waals surface area contributed by atoms with Crippen LogP contribution in [-0.4, -0.2) is 29.1 Å². The Labute approximate surface area is 121 Å². The summed E-state index contributed by atoms with van der Waals surface area (Å²) in [4.78, 5) is 23.4. The highest BCUT2D eigenvalue weighted by Crippen LogP contribution is 2.38. The zero-order valence-corrected chi connectivity index (χ0v) is 13.0. The van der Waals surface area contributed by atoms with Crippen molar-refractivity contribution in [3.8, 4) is 0 Å². The number of aliphatic carboxylic acids is 1. The van der Waals surface area contributed by atoms with Gasteiger partial charge >= 0.3 is 5.97 Å². The Bertz CT molecular complexity index is 376. The van der Waals surface area contributed by atoms with Crippen LogP contribution in [0.4, 0.5) is 0 Å². The quantitative estimate of drug-likeness (QED) is 0.719. The number of hydrogen-bond acceptors (Lipinski definition) is 3. The molecule has 0 aromatic carbocycles. The normalized spacial score (nSPS) is 28.1. The van der Waals surface area contributed by atoms with Crippen LogP contribution in [0.3, 0.4) is 0 Å². The molecule has 0 spiro atoms. The van der Waals surface area contributed by atoms with Crippen LogP contribution in [0.2, 0.25) is 0 Å². The monoisotopic (exact) mass is 284 g/mol. The first-order chi connectivity index (χ1) is 9.04. The maximum atomic E-state index is 12.0. The van der Waals surface area contributed by atoms with Gasteiger partial charge in [0.05, 0.1) is 5.41 Å².